The zero-order valence-electron chi connectivity index (χ0n) is 15.0. The summed E-state index contributed by atoms with van der Waals surface area (Å²) in [5, 5.41) is 3.30. The molecule has 1 fully saturated rings. The van der Waals surface area contributed by atoms with Crippen LogP contribution in [0.5, 0.6) is 5.75 Å². The number of nitrogens with zero attached hydrogens (tertiary/aromatic N) is 2. The topological polar surface area (TPSA) is 83.6 Å². The molecule has 1 unspecified atom stereocenters. The minimum absolute atomic E-state index is 0.161. The van der Waals surface area contributed by atoms with Crippen molar-refractivity contribution in [3.63, 3.8) is 0 Å². The third kappa shape index (κ3) is 4.08. The van der Waals surface area contributed by atoms with E-state index in [0.717, 1.165) is 37.5 Å². The summed E-state index contributed by atoms with van der Waals surface area (Å²) >= 11 is 0. The van der Waals surface area contributed by atoms with Crippen molar-refractivity contribution in [2.24, 2.45) is 5.92 Å². The average Bonchev–Trinajstić information content (AvgIpc) is 3.15. The highest BCUT2D eigenvalue weighted by molar-refractivity contribution is 7.89. The molecule has 0 radical (unpaired) electrons. The van der Waals surface area contributed by atoms with E-state index in [1.165, 1.54) is 13.2 Å². The number of pyridine rings is 1. The quantitative estimate of drug-likeness (QED) is 0.768. The minimum Gasteiger partial charge on any atom is -0.495 e. The van der Waals surface area contributed by atoms with Crippen molar-refractivity contribution in [1.29, 1.82) is 0 Å². The van der Waals surface area contributed by atoms with E-state index in [-0.39, 0.29) is 4.90 Å². The number of hydrogen-bond donors (Lipinski definition) is 2. The van der Waals surface area contributed by atoms with Crippen molar-refractivity contribution in [2.45, 2.75) is 11.3 Å². The predicted molar refractivity (Wildman–Crippen MR) is 102 cm³/mol. The first kappa shape index (κ1) is 18.5. The molecule has 2 aromatic rings. The van der Waals surface area contributed by atoms with Gasteiger partial charge >= 0.3 is 0 Å². The Labute approximate surface area is 154 Å². The van der Waals surface area contributed by atoms with Crippen LogP contribution < -0.4 is 19.7 Å². The Morgan fingerprint density at radius 3 is 2.77 bits per heavy atom. The summed E-state index contributed by atoms with van der Waals surface area (Å²) in [5.41, 5.74) is 1.12. The maximum absolute atomic E-state index is 11.7. The first-order valence-electron chi connectivity index (χ1n) is 8.55. The van der Waals surface area contributed by atoms with Crippen LogP contribution in [0.4, 0.5) is 11.5 Å². The molecule has 1 aliphatic heterocycles. The first-order chi connectivity index (χ1) is 12.5. The number of sulfonamides is 1. The Morgan fingerprint density at radius 2 is 2.08 bits per heavy atom. The third-order valence-corrected chi connectivity index (χ3v) is 6.00. The molecule has 7 nitrogen and oxygen atoms in total. The zero-order chi connectivity index (χ0) is 18.6. The number of nitrogens with one attached hydrogen (secondary N) is 2. The molecular formula is C18H24N4O3S. The molecule has 1 saturated heterocycles. The Balaban J connectivity index is 1.56. The van der Waals surface area contributed by atoms with Gasteiger partial charge in [-0.25, -0.2) is 18.1 Å². The maximum atomic E-state index is 11.7. The monoisotopic (exact) mass is 376 g/mol. The molecule has 0 aliphatic carbocycles. The summed E-state index contributed by atoms with van der Waals surface area (Å²) in [6, 6.07) is 11.3. The van der Waals surface area contributed by atoms with Crippen LogP contribution in [0.2, 0.25) is 0 Å². The molecule has 8 heteroatoms. The molecule has 1 aromatic heterocycles. The van der Waals surface area contributed by atoms with Crippen molar-refractivity contribution >= 4 is 21.5 Å². The number of aromatic nitrogens is 1. The second-order valence-corrected chi connectivity index (χ2v) is 8.13. The number of hydrogen-bond acceptors (Lipinski definition) is 6. The van der Waals surface area contributed by atoms with Gasteiger partial charge in [-0.15, -0.1) is 0 Å². The van der Waals surface area contributed by atoms with Gasteiger partial charge in [0.25, 0.3) is 0 Å². The van der Waals surface area contributed by atoms with Gasteiger partial charge in [0.05, 0.1) is 12.8 Å². The lowest BCUT2D eigenvalue weighted by atomic mass is 10.1. The largest absolute Gasteiger partial charge is 0.495 e. The summed E-state index contributed by atoms with van der Waals surface area (Å²) < 4.78 is 31.2. The van der Waals surface area contributed by atoms with Crippen molar-refractivity contribution in [3.05, 3.63) is 42.6 Å². The molecule has 0 bridgehead atoms. The summed E-state index contributed by atoms with van der Waals surface area (Å²) in [6.45, 7) is 2.72. The van der Waals surface area contributed by atoms with Gasteiger partial charge < -0.3 is 15.0 Å². The summed E-state index contributed by atoms with van der Waals surface area (Å²) in [7, 11) is -0.373. The fourth-order valence-corrected chi connectivity index (χ4v) is 3.79. The maximum Gasteiger partial charge on any atom is 0.241 e. The van der Waals surface area contributed by atoms with E-state index in [1.807, 2.05) is 18.2 Å². The fourth-order valence-electron chi connectivity index (χ4n) is 3.12. The minimum atomic E-state index is -3.45. The zero-order valence-corrected chi connectivity index (χ0v) is 15.8. The number of rotatable bonds is 7. The highest BCUT2D eigenvalue weighted by atomic mass is 32.2. The van der Waals surface area contributed by atoms with Gasteiger partial charge in [0.15, 0.2) is 0 Å². The van der Waals surface area contributed by atoms with Crippen molar-refractivity contribution in [2.75, 3.05) is 44.0 Å². The van der Waals surface area contributed by atoms with Gasteiger partial charge in [-0.3, -0.25) is 0 Å². The molecule has 2 heterocycles. The van der Waals surface area contributed by atoms with E-state index in [9.17, 15) is 8.42 Å². The Hall–Kier alpha value is -2.32. The van der Waals surface area contributed by atoms with Crippen LogP contribution in [-0.2, 0) is 10.0 Å². The number of para-hydroxylation sites is 2. The smallest absolute Gasteiger partial charge is 0.241 e. The van der Waals surface area contributed by atoms with Crippen LogP contribution in [0.25, 0.3) is 0 Å². The lowest BCUT2D eigenvalue weighted by Gasteiger charge is -2.21. The molecule has 2 N–H and O–H groups in total. The molecule has 26 heavy (non-hydrogen) atoms. The molecular weight excluding hydrogens is 352 g/mol. The summed E-state index contributed by atoms with van der Waals surface area (Å²) in [5.74, 6) is 2.06. The SMILES string of the molecule is CNS(=O)(=O)c1ccc(NCC2CCN(c3ccccc3OC)C2)nc1. The van der Waals surface area contributed by atoms with Crippen LogP contribution in [-0.4, -0.2) is 47.2 Å². The second-order valence-electron chi connectivity index (χ2n) is 6.24. The van der Waals surface area contributed by atoms with Crippen LogP contribution >= 0.6 is 0 Å². The van der Waals surface area contributed by atoms with Crippen molar-refractivity contribution in [3.8, 4) is 5.75 Å². The Bertz CT molecular complexity index is 840. The highest BCUT2D eigenvalue weighted by Gasteiger charge is 2.24. The van der Waals surface area contributed by atoms with E-state index in [4.69, 9.17) is 4.74 Å². The average molecular weight is 376 g/mol. The van der Waals surface area contributed by atoms with Gasteiger partial charge in [0, 0.05) is 25.8 Å². The lowest BCUT2D eigenvalue weighted by Crippen LogP contribution is -2.23. The van der Waals surface area contributed by atoms with Gasteiger partial charge in [-0.2, -0.15) is 0 Å². The molecule has 1 aromatic carbocycles. The molecule has 1 aliphatic rings. The first-order valence-corrected chi connectivity index (χ1v) is 10.0. The standard InChI is InChI=1S/C18H24N4O3S/c1-19-26(23,24)15-7-8-18(21-12-15)20-11-14-9-10-22(13-14)16-5-3-4-6-17(16)25-2/h3-8,12,14,19H,9-11,13H2,1-2H3,(H,20,21). The Morgan fingerprint density at radius 1 is 1.27 bits per heavy atom. The molecule has 0 amide bonds. The van der Waals surface area contributed by atoms with Gasteiger partial charge in [0.2, 0.25) is 10.0 Å². The molecule has 0 saturated carbocycles. The van der Waals surface area contributed by atoms with E-state index in [1.54, 1.807) is 19.2 Å². The molecule has 140 valence electrons. The van der Waals surface area contributed by atoms with E-state index in [2.05, 4.69) is 26.0 Å². The third-order valence-electron chi connectivity index (χ3n) is 4.60. The second kappa shape index (κ2) is 7.92. The van der Waals surface area contributed by atoms with Crippen LogP contribution in [0.15, 0.2) is 47.5 Å². The predicted octanol–water partition coefficient (Wildman–Crippen LogP) is 1.94. The number of methoxy groups -OCH3 is 1. The highest BCUT2D eigenvalue weighted by Crippen LogP contribution is 2.31. The summed E-state index contributed by atoms with van der Waals surface area (Å²) in [4.78, 5) is 6.69. The van der Waals surface area contributed by atoms with Crippen LogP contribution in [0.1, 0.15) is 6.42 Å². The number of benzene rings is 1. The number of anilines is 2. The van der Waals surface area contributed by atoms with Crippen LogP contribution in [0, 0.1) is 5.92 Å². The Kier molecular flexibility index (Phi) is 5.63. The molecule has 3 rings (SSSR count). The van der Waals surface area contributed by atoms with Crippen molar-refractivity contribution in [1.82, 2.24) is 9.71 Å². The van der Waals surface area contributed by atoms with E-state index >= 15 is 0 Å². The van der Waals surface area contributed by atoms with Gasteiger partial charge in [-0.05, 0) is 43.7 Å². The van der Waals surface area contributed by atoms with Gasteiger partial charge in [0.1, 0.15) is 16.5 Å². The normalized spacial score (nSPS) is 17.3. The lowest BCUT2D eigenvalue weighted by molar-refractivity contribution is 0.414. The number of ether oxygens (including phenoxy) is 1. The molecule has 0 spiro atoms. The van der Waals surface area contributed by atoms with Crippen LogP contribution in [0.3, 0.4) is 0 Å². The van der Waals surface area contributed by atoms with Crippen molar-refractivity contribution < 1.29 is 13.2 Å². The van der Waals surface area contributed by atoms with E-state index < -0.39 is 10.0 Å². The van der Waals surface area contributed by atoms with Gasteiger partial charge in [-0.1, -0.05) is 12.1 Å². The van der Waals surface area contributed by atoms with E-state index in [0.29, 0.717) is 11.7 Å². The fraction of sp³-hybridized carbons (Fsp3) is 0.389. The molecule has 1 atom stereocenters. The summed E-state index contributed by atoms with van der Waals surface area (Å²) in [6.07, 6.45) is 2.45.